The molecule has 0 aliphatic heterocycles. The van der Waals surface area contributed by atoms with Crippen molar-refractivity contribution in [3.05, 3.63) is 0 Å². The van der Waals surface area contributed by atoms with E-state index in [9.17, 15) is 4.79 Å². The van der Waals surface area contributed by atoms with Gasteiger partial charge in [-0.2, -0.15) is 0 Å². The molecule has 0 amide bonds. The van der Waals surface area contributed by atoms with E-state index in [0.717, 1.165) is 24.7 Å². The van der Waals surface area contributed by atoms with Crippen LogP contribution in [0, 0.1) is 11.8 Å². The summed E-state index contributed by atoms with van der Waals surface area (Å²) < 4.78 is 0. The van der Waals surface area contributed by atoms with Crippen molar-refractivity contribution in [3.63, 3.8) is 0 Å². The minimum absolute atomic E-state index is 0.417. The fourth-order valence-electron chi connectivity index (χ4n) is 1.60. The van der Waals surface area contributed by atoms with Gasteiger partial charge in [-0.15, -0.1) is 0 Å². The smallest absolute Gasteiger partial charge is 0.132 e. The first kappa shape index (κ1) is 13.7. The van der Waals surface area contributed by atoms with E-state index in [4.69, 9.17) is 0 Å². The molecule has 1 heteroatoms. The van der Waals surface area contributed by atoms with E-state index in [2.05, 4.69) is 20.8 Å². The van der Waals surface area contributed by atoms with Gasteiger partial charge in [-0.1, -0.05) is 47.0 Å². The molecule has 0 aromatic carbocycles. The number of hydrogen-bond donors (Lipinski definition) is 0. The van der Waals surface area contributed by atoms with Crippen LogP contribution in [0.4, 0.5) is 0 Å². The quantitative estimate of drug-likeness (QED) is 0.571. The Labute approximate surface area is 89.3 Å². The fraction of sp³-hybridized carbons (Fsp3) is 0.923. The Balaban J connectivity index is 3.36. The Morgan fingerprint density at radius 2 is 1.71 bits per heavy atom. The van der Waals surface area contributed by atoms with Crippen LogP contribution >= 0.6 is 0 Å². The van der Waals surface area contributed by atoms with Crippen LogP contribution in [0.3, 0.4) is 0 Å². The number of hydrogen-bond acceptors (Lipinski definition) is 1. The van der Waals surface area contributed by atoms with Crippen molar-refractivity contribution in [2.75, 3.05) is 0 Å². The number of rotatable bonds is 8. The molecule has 0 fully saturated rings. The second kappa shape index (κ2) is 8.02. The zero-order valence-electron chi connectivity index (χ0n) is 10.3. The molecule has 0 spiro atoms. The van der Waals surface area contributed by atoms with Crippen LogP contribution in [0.25, 0.3) is 0 Å². The first-order chi connectivity index (χ1) is 6.56. The van der Waals surface area contributed by atoms with Crippen molar-refractivity contribution >= 4 is 5.78 Å². The van der Waals surface area contributed by atoms with Crippen molar-refractivity contribution in [3.8, 4) is 0 Å². The SMILES string of the molecule is CCC(=O)CCC(C)CCCC(C)C. The number of Topliss-reactive ketones (excluding diaryl/α,β-unsaturated/α-hetero) is 1. The molecule has 0 saturated heterocycles. The Bertz CT molecular complexity index is 149. The molecule has 0 radical (unpaired) electrons. The van der Waals surface area contributed by atoms with Crippen molar-refractivity contribution < 1.29 is 4.79 Å². The summed E-state index contributed by atoms with van der Waals surface area (Å²) >= 11 is 0. The molecule has 1 atom stereocenters. The van der Waals surface area contributed by atoms with Gasteiger partial charge in [-0.25, -0.2) is 0 Å². The van der Waals surface area contributed by atoms with Crippen LogP contribution in [-0.2, 0) is 4.79 Å². The van der Waals surface area contributed by atoms with Crippen molar-refractivity contribution in [1.29, 1.82) is 0 Å². The topological polar surface area (TPSA) is 17.1 Å². The highest BCUT2D eigenvalue weighted by molar-refractivity contribution is 5.77. The lowest BCUT2D eigenvalue weighted by Crippen LogP contribution is -2.01. The van der Waals surface area contributed by atoms with E-state index in [0.29, 0.717) is 12.2 Å². The third-order valence-corrected chi connectivity index (χ3v) is 2.79. The largest absolute Gasteiger partial charge is 0.300 e. The lowest BCUT2D eigenvalue weighted by atomic mass is 9.95. The van der Waals surface area contributed by atoms with Crippen LogP contribution in [0.5, 0.6) is 0 Å². The minimum Gasteiger partial charge on any atom is -0.300 e. The van der Waals surface area contributed by atoms with E-state index < -0.39 is 0 Å². The first-order valence-corrected chi connectivity index (χ1v) is 6.08. The maximum Gasteiger partial charge on any atom is 0.132 e. The third-order valence-electron chi connectivity index (χ3n) is 2.79. The average Bonchev–Trinajstić information content (AvgIpc) is 2.13. The van der Waals surface area contributed by atoms with Gasteiger partial charge in [-0.3, -0.25) is 4.79 Å². The summed E-state index contributed by atoms with van der Waals surface area (Å²) in [6.45, 7) is 8.76. The Kier molecular flexibility index (Phi) is 7.83. The monoisotopic (exact) mass is 198 g/mol. The van der Waals surface area contributed by atoms with Gasteiger partial charge in [0.05, 0.1) is 0 Å². The maximum absolute atomic E-state index is 11.1. The summed E-state index contributed by atoms with van der Waals surface area (Å²) in [7, 11) is 0. The normalized spacial score (nSPS) is 13.2. The van der Waals surface area contributed by atoms with Crippen LogP contribution < -0.4 is 0 Å². The molecule has 0 aliphatic carbocycles. The number of carbonyl (C=O) groups excluding carboxylic acids is 1. The minimum atomic E-state index is 0.417. The van der Waals surface area contributed by atoms with Crippen LogP contribution in [0.15, 0.2) is 0 Å². The summed E-state index contributed by atoms with van der Waals surface area (Å²) in [6, 6.07) is 0. The fourth-order valence-corrected chi connectivity index (χ4v) is 1.60. The van der Waals surface area contributed by atoms with E-state index in [1.54, 1.807) is 0 Å². The second-order valence-electron chi connectivity index (χ2n) is 4.86. The van der Waals surface area contributed by atoms with E-state index in [1.165, 1.54) is 19.3 Å². The third kappa shape index (κ3) is 8.28. The molecule has 1 unspecified atom stereocenters. The van der Waals surface area contributed by atoms with Crippen molar-refractivity contribution in [2.24, 2.45) is 11.8 Å². The van der Waals surface area contributed by atoms with E-state index >= 15 is 0 Å². The van der Waals surface area contributed by atoms with Gasteiger partial charge in [0, 0.05) is 12.8 Å². The molecule has 0 N–H and O–H groups in total. The van der Waals surface area contributed by atoms with Crippen LogP contribution in [0.2, 0.25) is 0 Å². The molecule has 0 aromatic rings. The molecule has 0 aliphatic rings. The highest BCUT2D eigenvalue weighted by atomic mass is 16.1. The molecular weight excluding hydrogens is 172 g/mol. The maximum atomic E-state index is 11.1. The zero-order chi connectivity index (χ0) is 11.0. The lowest BCUT2D eigenvalue weighted by Gasteiger charge is -2.11. The second-order valence-corrected chi connectivity index (χ2v) is 4.86. The highest BCUT2D eigenvalue weighted by Crippen LogP contribution is 2.16. The zero-order valence-corrected chi connectivity index (χ0v) is 10.3. The van der Waals surface area contributed by atoms with Crippen molar-refractivity contribution in [1.82, 2.24) is 0 Å². The van der Waals surface area contributed by atoms with Gasteiger partial charge in [-0.05, 0) is 18.3 Å². The summed E-state index contributed by atoms with van der Waals surface area (Å²) in [5, 5.41) is 0. The van der Waals surface area contributed by atoms with Gasteiger partial charge in [0.15, 0.2) is 0 Å². The average molecular weight is 198 g/mol. The molecule has 0 heterocycles. The van der Waals surface area contributed by atoms with E-state index in [1.807, 2.05) is 6.92 Å². The number of carbonyl (C=O) groups is 1. The van der Waals surface area contributed by atoms with Gasteiger partial charge in [0.1, 0.15) is 5.78 Å². The molecule has 0 bridgehead atoms. The molecule has 0 saturated carbocycles. The van der Waals surface area contributed by atoms with Gasteiger partial charge in [0.25, 0.3) is 0 Å². The Morgan fingerprint density at radius 1 is 1.07 bits per heavy atom. The van der Waals surface area contributed by atoms with Crippen LogP contribution in [0.1, 0.15) is 66.2 Å². The summed E-state index contributed by atoms with van der Waals surface area (Å²) in [5.41, 5.74) is 0. The lowest BCUT2D eigenvalue weighted by molar-refractivity contribution is -0.119. The molecule has 1 nitrogen and oxygen atoms in total. The van der Waals surface area contributed by atoms with E-state index in [-0.39, 0.29) is 0 Å². The molecule has 0 aromatic heterocycles. The highest BCUT2D eigenvalue weighted by Gasteiger charge is 2.05. The Hall–Kier alpha value is -0.330. The number of ketones is 1. The van der Waals surface area contributed by atoms with Crippen molar-refractivity contribution in [2.45, 2.75) is 66.2 Å². The predicted molar refractivity (Wildman–Crippen MR) is 62.4 cm³/mol. The van der Waals surface area contributed by atoms with Gasteiger partial charge < -0.3 is 0 Å². The standard InChI is InChI=1S/C13H26O/c1-5-13(14)10-9-12(4)8-6-7-11(2)3/h11-12H,5-10H2,1-4H3. The van der Waals surface area contributed by atoms with Gasteiger partial charge >= 0.3 is 0 Å². The Morgan fingerprint density at radius 3 is 2.21 bits per heavy atom. The molecular formula is C13H26O. The summed E-state index contributed by atoms with van der Waals surface area (Å²) in [5.74, 6) is 1.96. The predicted octanol–water partition coefficient (Wildman–Crippen LogP) is 4.21. The molecule has 14 heavy (non-hydrogen) atoms. The summed E-state index contributed by atoms with van der Waals surface area (Å²) in [4.78, 5) is 11.1. The molecule has 84 valence electrons. The first-order valence-electron chi connectivity index (χ1n) is 6.08. The van der Waals surface area contributed by atoms with Gasteiger partial charge in [0.2, 0.25) is 0 Å². The summed E-state index contributed by atoms with van der Waals surface area (Å²) in [6.07, 6.45) is 6.52. The van der Waals surface area contributed by atoms with Crippen LogP contribution in [-0.4, -0.2) is 5.78 Å². The molecule has 0 rings (SSSR count).